The van der Waals surface area contributed by atoms with Gasteiger partial charge in [-0.1, -0.05) is 35.9 Å². The number of hydrogen-bond acceptors (Lipinski definition) is 5. The van der Waals surface area contributed by atoms with E-state index in [9.17, 15) is 26.4 Å². The van der Waals surface area contributed by atoms with Gasteiger partial charge in [0.1, 0.15) is 11.7 Å². The predicted octanol–water partition coefficient (Wildman–Crippen LogP) is 5.15. The molecule has 0 saturated heterocycles. The lowest BCUT2D eigenvalue weighted by atomic mass is 9.68. The van der Waals surface area contributed by atoms with Crippen LogP contribution in [0.4, 0.5) is 13.2 Å². The molecule has 7 rings (SSSR count). The van der Waals surface area contributed by atoms with Crippen LogP contribution in [0.1, 0.15) is 51.5 Å². The van der Waals surface area contributed by atoms with Gasteiger partial charge in [-0.3, -0.25) is 9.79 Å². The number of fused-ring (bicyclic) bond motifs is 1. The van der Waals surface area contributed by atoms with Crippen molar-refractivity contribution in [3.05, 3.63) is 64.9 Å². The molecule has 4 saturated carbocycles. The fourth-order valence-electron chi connectivity index (χ4n) is 7.13. The van der Waals surface area contributed by atoms with Gasteiger partial charge in [0.15, 0.2) is 6.04 Å². The number of amidine groups is 1. The van der Waals surface area contributed by atoms with Gasteiger partial charge >= 0.3 is 0 Å². The molecule has 2 aromatic carbocycles. The Morgan fingerprint density at radius 3 is 2.43 bits per heavy atom. The van der Waals surface area contributed by atoms with Crippen molar-refractivity contribution in [3.8, 4) is 0 Å². The van der Waals surface area contributed by atoms with Crippen molar-refractivity contribution in [1.82, 2.24) is 14.9 Å². The number of sulfonamides is 1. The number of carbonyl (C=O) groups excluding carboxylic acids is 1. The number of halogens is 4. The summed E-state index contributed by atoms with van der Waals surface area (Å²) in [6.45, 7) is 3.94. The lowest BCUT2D eigenvalue weighted by molar-refractivity contribution is -0.128. The fourth-order valence-corrected chi connectivity index (χ4v) is 8.94. The van der Waals surface area contributed by atoms with Gasteiger partial charge in [-0.2, -0.15) is 4.31 Å². The van der Waals surface area contributed by atoms with Crippen molar-refractivity contribution in [3.63, 3.8) is 0 Å². The number of nitrogens with zero attached hydrogens (tertiary/aromatic N) is 2. The minimum absolute atomic E-state index is 0.0147. The average Bonchev–Trinajstić information content (AvgIpc) is 3.56. The van der Waals surface area contributed by atoms with Crippen molar-refractivity contribution >= 4 is 33.4 Å². The van der Waals surface area contributed by atoms with Crippen molar-refractivity contribution < 1.29 is 26.4 Å². The molecular weight excluding hydrogens is 589 g/mol. The van der Waals surface area contributed by atoms with E-state index in [4.69, 9.17) is 16.6 Å². The first-order valence-electron chi connectivity index (χ1n) is 14.2. The number of rotatable bonds is 9. The molecule has 2 aromatic rings. The molecule has 1 amide bonds. The van der Waals surface area contributed by atoms with E-state index >= 15 is 0 Å². The summed E-state index contributed by atoms with van der Waals surface area (Å²) in [4.78, 5) is 18.1. The van der Waals surface area contributed by atoms with E-state index in [1.165, 1.54) is 16.4 Å². The van der Waals surface area contributed by atoms with E-state index < -0.39 is 38.8 Å². The molecule has 0 unspecified atom stereocenters. The first-order chi connectivity index (χ1) is 19.7. The molecule has 1 aliphatic heterocycles. The lowest BCUT2D eigenvalue weighted by Gasteiger charge is -2.40. The second-order valence-corrected chi connectivity index (χ2v) is 15.2. The van der Waals surface area contributed by atoms with Gasteiger partial charge in [0, 0.05) is 37.4 Å². The summed E-state index contributed by atoms with van der Waals surface area (Å²) < 4.78 is 70.2. The highest BCUT2D eigenvalue weighted by atomic mass is 35.5. The zero-order valence-corrected chi connectivity index (χ0v) is 25.0. The summed E-state index contributed by atoms with van der Waals surface area (Å²) in [5.74, 6) is -3.04. The second-order valence-electron chi connectivity index (χ2n) is 12.9. The molecular formula is C30H34ClF3N4O3S. The van der Waals surface area contributed by atoms with Crippen LogP contribution >= 0.6 is 11.6 Å². The number of benzene rings is 2. The Balaban J connectivity index is 1.22. The van der Waals surface area contributed by atoms with Crippen LogP contribution < -0.4 is 10.6 Å². The summed E-state index contributed by atoms with van der Waals surface area (Å²) >= 11 is 5.88. The van der Waals surface area contributed by atoms with Crippen molar-refractivity contribution in [1.29, 1.82) is 0 Å². The Kier molecular flexibility index (Phi) is 7.17. The summed E-state index contributed by atoms with van der Waals surface area (Å²) in [7, 11) is -3.93. The average molecular weight is 623 g/mol. The Bertz CT molecular complexity index is 1520. The van der Waals surface area contributed by atoms with Crippen LogP contribution in [-0.4, -0.2) is 54.6 Å². The topological polar surface area (TPSA) is 90.9 Å². The molecule has 0 aromatic heterocycles. The molecule has 4 aliphatic carbocycles. The number of nitrogens with one attached hydrogen (secondary N) is 2. The standard InChI is InChI=1S/C30H34ClF3N4O3S/c1-28(2)25(26(39)35-16-19-11-30(33,34)12-19)36-27(37-28)29-13-20(14-29)24(15-29)38(17-18-8-9-22(31)23(32)10-18)42(40,41)21-6-4-3-5-7-21/h3-10,19-20,24-25H,11-17H2,1-2H3,(H,35,39)(H,36,37)/t20?,24-,25+,29?/m1/s1. The summed E-state index contributed by atoms with van der Waals surface area (Å²) in [6.07, 6.45) is 1.49. The van der Waals surface area contributed by atoms with Crippen LogP contribution in [0.15, 0.2) is 58.4 Å². The van der Waals surface area contributed by atoms with E-state index in [1.807, 2.05) is 13.8 Å². The molecule has 4 fully saturated rings. The van der Waals surface area contributed by atoms with Gasteiger partial charge in [0.05, 0.1) is 15.5 Å². The van der Waals surface area contributed by atoms with Gasteiger partial charge in [0.2, 0.25) is 21.9 Å². The highest BCUT2D eigenvalue weighted by Crippen LogP contribution is 2.62. The maximum absolute atomic E-state index is 14.3. The maximum atomic E-state index is 14.3. The summed E-state index contributed by atoms with van der Waals surface area (Å²) in [5.41, 5.74) is -0.613. The first-order valence-corrected chi connectivity index (χ1v) is 16.0. The monoisotopic (exact) mass is 622 g/mol. The number of carbonyl (C=O) groups is 1. The van der Waals surface area contributed by atoms with Crippen LogP contribution in [-0.2, 0) is 21.4 Å². The smallest absolute Gasteiger partial charge is 0.248 e. The molecule has 226 valence electrons. The zero-order valence-electron chi connectivity index (χ0n) is 23.4. The first kappa shape index (κ1) is 29.4. The maximum Gasteiger partial charge on any atom is 0.248 e. The number of hydrogen-bond donors (Lipinski definition) is 2. The SMILES string of the molecule is CC1(C)NC(C23CC(C2)[C@H](N(Cc2ccc(Cl)c(F)c2)S(=O)(=O)c2ccccc2)C3)=N[C@H]1C(=O)NCC1CC(F)(F)C1. The lowest BCUT2D eigenvalue weighted by Crippen LogP contribution is -2.54. The molecule has 2 atom stereocenters. The third-order valence-corrected chi connectivity index (χ3v) is 11.6. The molecule has 7 nitrogen and oxygen atoms in total. The van der Waals surface area contributed by atoms with Crippen LogP contribution in [0.3, 0.4) is 0 Å². The van der Waals surface area contributed by atoms with Crippen LogP contribution in [0, 0.1) is 23.1 Å². The van der Waals surface area contributed by atoms with Gasteiger partial charge in [0.25, 0.3) is 0 Å². The molecule has 2 N–H and O–H groups in total. The van der Waals surface area contributed by atoms with E-state index in [2.05, 4.69) is 10.6 Å². The van der Waals surface area contributed by atoms with Gasteiger partial charge in [-0.15, -0.1) is 0 Å². The minimum Gasteiger partial charge on any atom is -0.366 e. The van der Waals surface area contributed by atoms with Crippen molar-refractivity contribution in [2.45, 2.75) is 80.9 Å². The highest BCUT2D eigenvalue weighted by Gasteiger charge is 2.63. The number of alkyl halides is 2. The second kappa shape index (κ2) is 10.2. The number of aliphatic imine (C=N–C) groups is 1. The Labute approximate surface area is 249 Å². The Hall–Kier alpha value is -2.63. The largest absolute Gasteiger partial charge is 0.366 e. The normalized spacial score (nSPS) is 29.4. The van der Waals surface area contributed by atoms with Crippen molar-refractivity contribution in [2.24, 2.45) is 22.2 Å². The highest BCUT2D eigenvalue weighted by molar-refractivity contribution is 7.89. The predicted molar refractivity (Wildman–Crippen MR) is 153 cm³/mol. The summed E-state index contributed by atoms with van der Waals surface area (Å²) in [6, 6.07) is 11.4. The van der Waals surface area contributed by atoms with Gasteiger partial charge in [-0.25, -0.2) is 21.6 Å². The van der Waals surface area contributed by atoms with E-state index in [0.717, 1.165) is 0 Å². The van der Waals surface area contributed by atoms with Crippen LogP contribution in [0.2, 0.25) is 5.02 Å². The molecule has 5 aliphatic rings. The Morgan fingerprint density at radius 1 is 1.10 bits per heavy atom. The fraction of sp³-hybridized carbons (Fsp3) is 0.533. The van der Waals surface area contributed by atoms with E-state index in [1.54, 1.807) is 36.4 Å². The molecule has 2 bridgehead atoms. The molecule has 1 heterocycles. The zero-order chi connectivity index (χ0) is 30.1. The van der Waals surface area contributed by atoms with E-state index in [0.29, 0.717) is 30.7 Å². The third kappa shape index (κ3) is 5.21. The Morgan fingerprint density at radius 2 is 1.79 bits per heavy atom. The van der Waals surface area contributed by atoms with Gasteiger partial charge < -0.3 is 10.6 Å². The van der Waals surface area contributed by atoms with Gasteiger partial charge in [-0.05, 0) is 74.8 Å². The summed E-state index contributed by atoms with van der Waals surface area (Å²) in [5, 5.41) is 6.22. The quantitative estimate of drug-likeness (QED) is 0.405. The van der Waals surface area contributed by atoms with Crippen molar-refractivity contribution in [2.75, 3.05) is 6.54 Å². The molecule has 0 radical (unpaired) electrons. The molecule has 42 heavy (non-hydrogen) atoms. The minimum atomic E-state index is -3.93. The third-order valence-electron chi connectivity index (χ3n) is 9.36. The number of amides is 1. The van der Waals surface area contributed by atoms with Crippen LogP contribution in [0.5, 0.6) is 0 Å². The molecule has 12 heteroatoms. The van der Waals surface area contributed by atoms with E-state index in [-0.39, 0.29) is 59.6 Å². The van der Waals surface area contributed by atoms with Crippen LogP contribution in [0.25, 0.3) is 0 Å². The molecule has 0 spiro atoms.